The fourth-order valence-corrected chi connectivity index (χ4v) is 2.07. The van der Waals surface area contributed by atoms with Crippen LogP contribution in [0.3, 0.4) is 0 Å². The van der Waals surface area contributed by atoms with Crippen molar-refractivity contribution in [2.75, 3.05) is 13.6 Å². The van der Waals surface area contributed by atoms with E-state index in [1.54, 1.807) is 0 Å². The second-order valence-electron chi connectivity index (χ2n) is 5.58. The van der Waals surface area contributed by atoms with E-state index in [0.29, 0.717) is 0 Å². The normalized spacial score (nSPS) is 21.3. The first-order valence-electron chi connectivity index (χ1n) is 5.34. The minimum Gasteiger partial charge on any atom is -0.480 e. The number of carbonyl (C=O) groups is 2. The summed E-state index contributed by atoms with van der Waals surface area (Å²) in [4.78, 5) is 23.3. The zero-order chi connectivity index (χ0) is 12.7. The summed E-state index contributed by atoms with van der Waals surface area (Å²) in [7, 11) is 1.48. The topological polar surface area (TPSA) is 69.6 Å². The average Bonchev–Trinajstić information content (AvgIpc) is 2.46. The molecule has 1 saturated carbocycles. The van der Waals surface area contributed by atoms with Gasteiger partial charge in [0.25, 0.3) is 0 Å². The minimum absolute atomic E-state index is 0.0622. The molecule has 0 radical (unpaired) electrons. The Bertz CT molecular complexity index is 309. The summed E-state index contributed by atoms with van der Waals surface area (Å²) in [6.07, 6.45) is 0. The van der Waals surface area contributed by atoms with E-state index in [2.05, 4.69) is 33.0 Å². The van der Waals surface area contributed by atoms with Crippen molar-refractivity contribution in [1.29, 1.82) is 0 Å². The van der Waals surface area contributed by atoms with E-state index in [4.69, 9.17) is 5.11 Å². The van der Waals surface area contributed by atoms with Crippen molar-refractivity contribution in [1.82, 2.24) is 10.2 Å². The number of aliphatic carboxylic acids is 1. The number of rotatable bonds is 3. The third-order valence-electron chi connectivity index (χ3n) is 4.01. The summed E-state index contributed by atoms with van der Waals surface area (Å²) < 4.78 is 0. The van der Waals surface area contributed by atoms with Gasteiger partial charge in [-0.15, -0.1) is 0 Å². The smallest absolute Gasteiger partial charge is 0.323 e. The highest BCUT2D eigenvalue weighted by Gasteiger charge is 2.65. The fourth-order valence-electron chi connectivity index (χ4n) is 2.07. The van der Waals surface area contributed by atoms with E-state index in [1.807, 2.05) is 0 Å². The van der Waals surface area contributed by atoms with Crippen molar-refractivity contribution in [3.8, 4) is 0 Å². The number of hydrogen-bond acceptors (Lipinski definition) is 2. The molecule has 0 unspecified atom stereocenters. The second kappa shape index (κ2) is 3.64. The second-order valence-corrected chi connectivity index (χ2v) is 5.58. The van der Waals surface area contributed by atoms with Gasteiger partial charge in [0.05, 0.1) is 0 Å². The molecule has 0 heterocycles. The first-order valence-corrected chi connectivity index (χ1v) is 5.34. The molecule has 1 fully saturated rings. The van der Waals surface area contributed by atoms with Crippen LogP contribution in [-0.2, 0) is 4.79 Å². The van der Waals surface area contributed by atoms with Crippen LogP contribution < -0.4 is 5.32 Å². The maximum atomic E-state index is 11.7. The van der Waals surface area contributed by atoms with Gasteiger partial charge in [-0.1, -0.05) is 27.7 Å². The van der Waals surface area contributed by atoms with Crippen molar-refractivity contribution in [2.45, 2.75) is 33.7 Å². The molecule has 2 N–H and O–H groups in total. The number of carboxylic acids is 1. The highest BCUT2D eigenvalue weighted by atomic mass is 16.4. The molecule has 0 aromatic carbocycles. The molecular weight excluding hydrogens is 208 g/mol. The number of nitrogens with one attached hydrogen (secondary N) is 1. The maximum Gasteiger partial charge on any atom is 0.323 e. The van der Waals surface area contributed by atoms with Crippen LogP contribution in [0.2, 0.25) is 0 Å². The van der Waals surface area contributed by atoms with Gasteiger partial charge in [0.15, 0.2) is 0 Å². The molecule has 0 saturated heterocycles. The summed E-state index contributed by atoms with van der Waals surface area (Å²) in [5, 5.41) is 11.4. The molecule has 0 atom stereocenters. The monoisotopic (exact) mass is 228 g/mol. The Kier molecular flexibility index (Phi) is 2.92. The lowest BCUT2D eigenvalue weighted by Crippen LogP contribution is -2.42. The van der Waals surface area contributed by atoms with Crippen molar-refractivity contribution < 1.29 is 14.7 Å². The molecule has 0 aromatic heterocycles. The van der Waals surface area contributed by atoms with Crippen LogP contribution in [0.5, 0.6) is 0 Å². The first-order chi connectivity index (χ1) is 7.10. The first kappa shape index (κ1) is 12.8. The van der Waals surface area contributed by atoms with Gasteiger partial charge in [0.1, 0.15) is 6.54 Å². The lowest BCUT2D eigenvalue weighted by atomic mass is 10.0. The molecule has 0 aromatic rings. The Hall–Kier alpha value is -1.26. The quantitative estimate of drug-likeness (QED) is 0.761. The fraction of sp³-hybridized carbons (Fsp3) is 0.818. The molecule has 1 aliphatic rings. The molecule has 5 heteroatoms. The van der Waals surface area contributed by atoms with E-state index in [1.165, 1.54) is 11.9 Å². The van der Waals surface area contributed by atoms with Gasteiger partial charge >= 0.3 is 12.0 Å². The van der Waals surface area contributed by atoms with Crippen LogP contribution in [0, 0.1) is 10.8 Å². The number of urea groups is 1. The van der Waals surface area contributed by atoms with E-state index in [9.17, 15) is 9.59 Å². The Morgan fingerprint density at radius 3 is 2.00 bits per heavy atom. The predicted octanol–water partition coefficient (Wildman–Crippen LogP) is 1.15. The van der Waals surface area contributed by atoms with E-state index in [0.717, 1.165) is 0 Å². The largest absolute Gasteiger partial charge is 0.480 e. The van der Waals surface area contributed by atoms with Crippen LogP contribution in [0.1, 0.15) is 27.7 Å². The van der Waals surface area contributed by atoms with Gasteiger partial charge in [-0.05, 0) is 10.8 Å². The maximum absolute atomic E-state index is 11.7. The SMILES string of the molecule is CN(CC(=O)O)C(=O)NC1C(C)(C)C1(C)C. The van der Waals surface area contributed by atoms with Crippen molar-refractivity contribution in [3.63, 3.8) is 0 Å². The molecule has 1 rings (SSSR count). The van der Waals surface area contributed by atoms with Gasteiger partial charge < -0.3 is 15.3 Å². The van der Waals surface area contributed by atoms with Gasteiger partial charge in [0, 0.05) is 13.1 Å². The summed E-state index contributed by atoms with van der Waals surface area (Å²) in [6, 6.07) is -0.227. The number of carbonyl (C=O) groups excluding carboxylic acids is 1. The third kappa shape index (κ3) is 1.99. The molecular formula is C11H20N2O3. The number of carboxylic acid groups (broad SMARTS) is 1. The average molecular weight is 228 g/mol. The Labute approximate surface area is 95.8 Å². The van der Waals surface area contributed by atoms with E-state index >= 15 is 0 Å². The highest BCUT2D eigenvalue weighted by molar-refractivity contribution is 5.80. The zero-order valence-electron chi connectivity index (χ0n) is 10.5. The lowest BCUT2D eigenvalue weighted by molar-refractivity contribution is -0.137. The van der Waals surface area contributed by atoms with E-state index < -0.39 is 5.97 Å². The molecule has 5 nitrogen and oxygen atoms in total. The molecule has 0 spiro atoms. The summed E-state index contributed by atoms with van der Waals surface area (Å²) in [5.74, 6) is -1.01. The van der Waals surface area contributed by atoms with Gasteiger partial charge in [-0.25, -0.2) is 4.79 Å². The molecule has 16 heavy (non-hydrogen) atoms. The Balaban J connectivity index is 2.52. The van der Waals surface area contributed by atoms with Gasteiger partial charge in [-0.3, -0.25) is 4.79 Å². The lowest BCUT2D eigenvalue weighted by Gasteiger charge is -2.16. The van der Waals surface area contributed by atoms with Crippen molar-refractivity contribution in [3.05, 3.63) is 0 Å². The van der Waals surface area contributed by atoms with Crippen LogP contribution in [0.25, 0.3) is 0 Å². The third-order valence-corrected chi connectivity index (χ3v) is 4.01. The number of nitrogens with zero attached hydrogens (tertiary/aromatic N) is 1. The van der Waals surface area contributed by atoms with Gasteiger partial charge in [0.2, 0.25) is 0 Å². The van der Waals surface area contributed by atoms with Crippen LogP contribution in [-0.4, -0.2) is 41.6 Å². The zero-order valence-corrected chi connectivity index (χ0v) is 10.5. The van der Waals surface area contributed by atoms with Crippen molar-refractivity contribution in [2.24, 2.45) is 10.8 Å². The number of hydrogen-bond donors (Lipinski definition) is 2. The number of amides is 2. The Morgan fingerprint density at radius 1 is 1.25 bits per heavy atom. The molecule has 0 bridgehead atoms. The standard InChI is InChI=1S/C11H20N2O3/c1-10(2)8(11(10,3)4)12-9(16)13(5)6-7(14)15/h8H,6H2,1-5H3,(H,12,16)(H,14,15). The van der Waals surface area contributed by atoms with Crippen LogP contribution in [0.15, 0.2) is 0 Å². The molecule has 0 aliphatic heterocycles. The molecule has 92 valence electrons. The summed E-state index contributed by atoms with van der Waals surface area (Å²) in [6.45, 7) is 8.09. The highest BCUT2D eigenvalue weighted by Crippen LogP contribution is 2.62. The molecule has 2 amide bonds. The Morgan fingerprint density at radius 2 is 1.69 bits per heavy atom. The molecule has 1 aliphatic carbocycles. The van der Waals surface area contributed by atoms with Crippen LogP contribution in [0.4, 0.5) is 4.79 Å². The minimum atomic E-state index is -1.01. The summed E-state index contributed by atoms with van der Waals surface area (Å²) in [5.41, 5.74) is 0.124. The van der Waals surface area contributed by atoms with Gasteiger partial charge in [-0.2, -0.15) is 0 Å². The van der Waals surface area contributed by atoms with Crippen molar-refractivity contribution >= 4 is 12.0 Å². The predicted molar refractivity (Wildman–Crippen MR) is 60.1 cm³/mol. The van der Waals surface area contributed by atoms with Crippen LogP contribution >= 0.6 is 0 Å². The summed E-state index contributed by atoms with van der Waals surface area (Å²) >= 11 is 0. The number of likely N-dealkylation sites (N-methyl/N-ethyl adjacent to an activating group) is 1. The van der Waals surface area contributed by atoms with E-state index in [-0.39, 0.29) is 29.4 Å².